The SMILES string of the molecule is COCCc1nc(CNC(=O)N(C)Cc2cc(-c3cccnc3)no2)no1. The number of urea groups is 1. The number of amides is 2. The molecule has 3 aromatic rings. The van der Waals surface area contributed by atoms with Crippen molar-refractivity contribution in [3.63, 3.8) is 0 Å². The summed E-state index contributed by atoms with van der Waals surface area (Å²) in [5.74, 6) is 1.44. The molecule has 3 rings (SSSR count). The van der Waals surface area contributed by atoms with Crippen LogP contribution in [-0.2, 0) is 24.2 Å². The first-order chi connectivity index (χ1) is 13.2. The van der Waals surface area contributed by atoms with Gasteiger partial charge in [-0.05, 0) is 12.1 Å². The molecule has 0 saturated heterocycles. The van der Waals surface area contributed by atoms with E-state index >= 15 is 0 Å². The molecule has 0 fully saturated rings. The number of rotatable bonds is 8. The third kappa shape index (κ3) is 5.11. The standard InChI is InChI=1S/C17H20N6O4/c1-23(11-13-8-14(21-26-13)12-4-3-6-18-9-12)17(24)19-10-15-20-16(27-22-15)5-7-25-2/h3-4,6,8-9H,5,7,10-11H2,1-2H3,(H,19,24). The van der Waals surface area contributed by atoms with Crippen LogP contribution in [0.3, 0.4) is 0 Å². The molecule has 0 radical (unpaired) electrons. The van der Waals surface area contributed by atoms with Crippen molar-refractivity contribution in [2.75, 3.05) is 20.8 Å². The van der Waals surface area contributed by atoms with Gasteiger partial charge in [0.05, 0.1) is 26.1 Å². The molecule has 10 heteroatoms. The van der Waals surface area contributed by atoms with E-state index in [0.29, 0.717) is 36.2 Å². The number of hydrogen-bond acceptors (Lipinski definition) is 8. The molecule has 0 aliphatic carbocycles. The van der Waals surface area contributed by atoms with E-state index < -0.39 is 0 Å². The first kappa shape index (κ1) is 18.5. The second-order valence-electron chi connectivity index (χ2n) is 5.78. The molecule has 142 valence electrons. The summed E-state index contributed by atoms with van der Waals surface area (Å²) in [6, 6.07) is 5.19. The van der Waals surface area contributed by atoms with E-state index in [-0.39, 0.29) is 19.1 Å². The zero-order valence-corrected chi connectivity index (χ0v) is 15.1. The zero-order chi connectivity index (χ0) is 19.1. The molecule has 2 amide bonds. The van der Waals surface area contributed by atoms with Gasteiger partial charge in [0.1, 0.15) is 5.69 Å². The van der Waals surface area contributed by atoms with Crippen molar-refractivity contribution in [1.82, 2.24) is 30.5 Å². The highest BCUT2D eigenvalue weighted by atomic mass is 16.5. The summed E-state index contributed by atoms with van der Waals surface area (Å²) < 4.78 is 15.3. The summed E-state index contributed by atoms with van der Waals surface area (Å²) in [6.45, 7) is 0.927. The van der Waals surface area contributed by atoms with Gasteiger partial charge in [-0.2, -0.15) is 4.98 Å². The molecule has 10 nitrogen and oxygen atoms in total. The van der Waals surface area contributed by atoms with E-state index in [4.69, 9.17) is 13.8 Å². The highest BCUT2D eigenvalue weighted by molar-refractivity contribution is 5.73. The largest absolute Gasteiger partial charge is 0.384 e. The van der Waals surface area contributed by atoms with Crippen LogP contribution in [0.5, 0.6) is 0 Å². The zero-order valence-electron chi connectivity index (χ0n) is 15.1. The Morgan fingerprint density at radius 3 is 3.00 bits per heavy atom. The molecule has 0 bridgehead atoms. The van der Waals surface area contributed by atoms with E-state index in [1.165, 1.54) is 4.90 Å². The molecule has 3 heterocycles. The Labute approximate surface area is 155 Å². The Bertz CT molecular complexity index is 863. The fourth-order valence-electron chi connectivity index (χ4n) is 2.29. The lowest BCUT2D eigenvalue weighted by atomic mass is 10.2. The Kier molecular flexibility index (Phi) is 6.10. The molecule has 0 spiro atoms. The van der Waals surface area contributed by atoms with Crippen molar-refractivity contribution in [3.8, 4) is 11.3 Å². The summed E-state index contributed by atoms with van der Waals surface area (Å²) in [5.41, 5.74) is 1.52. The van der Waals surface area contributed by atoms with E-state index in [2.05, 4.69) is 25.6 Å². The third-order valence-electron chi connectivity index (χ3n) is 3.68. The summed E-state index contributed by atoms with van der Waals surface area (Å²) in [7, 11) is 3.25. The van der Waals surface area contributed by atoms with Gasteiger partial charge in [-0.1, -0.05) is 10.3 Å². The molecule has 0 aliphatic rings. The van der Waals surface area contributed by atoms with Crippen LogP contribution < -0.4 is 5.32 Å². The lowest BCUT2D eigenvalue weighted by Crippen LogP contribution is -2.36. The maximum Gasteiger partial charge on any atom is 0.317 e. The number of aromatic nitrogens is 4. The van der Waals surface area contributed by atoms with Crippen molar-refractivity contribution in [1.29, 1.82) is 0 Å². The molecular formula is C17H20N6O4. The second kappa shape index (κ2) is 8.90. The summed E-state index contributed by atoms with van der Waals surface area (Å²) >= 11 is 0. The fourth-order valence-corrected chi connectivity index (χ4v) is 2.29. The molecule has 0 aromatic carbocycles. The lowest BCUT2D eigenvalue weighted by Gasteiger charge is -2.15. The van der Waals surface area contributed by atoms with Crippen LogP contribution >= 0.6 is 0 Å². The number of nitrogens with one attached hydrogen (secondary N) is 1. The molecule has 0 atom stereocenters. The number of carbonyl (C=O) groups excluding carboxylic acids is 1. The molecular weight excluding hydrogens is 352 g/mol. The quantitative estimate of drug-likeness (QED) is 0.634. The van der Waals surface area contributed by atoms with Gasteiger partial charge in [0.15, 0.2) is 11.6 Å². The highest BCUT2D eigenvalue weighted by Crippen LogP contribution is 2.18. The lowest BCUT2D eigenvalue weighted by molar-refractivity contribution is 0.192. The number of methoxy groups -OCH3 is 1. The van der Waals surface area contributed by atoms with Crippen molar-refractivity contribution in [3.05, 3.63) is 48.1 Å². The molecule has 1 N–H and O–H groups in total. The predicted octanol–water partition coefficient (Wildman–Crippen LogP) is 1.65. The second-order valence-corrected chi connectivity index (χ2v) is 5.78. The smallest absolute Gasteiger partial charge is 0.317 e. The number of nitrogens with zero attached hydrogens (tertiary/aromatic N) is 5. The van der Waals surface area contributed by atoms with E-state index in [0.717, 1.165) is 5.56 Å². The fraction of sp³-hybridized carbons (Fsp3) is 0.353. The summed E-state index contributed by atoms with van der Waals surface area (Å²) in [5, 5.41) is 10.5. The van der Waals surface area contributed by atoms with Crippen LogP contribution in [0.15, 0.2) is 39.6 Å². The number of pyridine rings is 1. The van der Waals surface area contributed by atoms with Crippen LogP contribution in [0.4, 0.5) is 4.79 Å². The highest BCUT2D eigenvalue weighted by Gasteiger charge is 2.14. The van der Waals surface area contributed by atoms with Crippen LogP contribution in [-0.4, -0.2) is 52.0 Å². The molecule has 27 heavy (non-hydrogen) atoms. The van der Waals surface area contributed by atoms with E-state index in [1.54, 1.807) is 32.6 Å². The van der Waals surface area contributed by atoms with Crippen LogP contribution in [0.2, 0.25) is 0 Å². The van der Waals surface area contributed by atoms with Crippen molar-refractivity contribution < 1.29 is 18.6 Å². The van der Waals surface area contributed by atoms with Crippen LogP contribution in [0.25, 0.3) is 11.3 Å². The topological polar surface area (TPSA) is 119 Å². The number of carbonyl (C=O) groups is 1. The van der Waals surface area contributed by atoms with E-state index in [1.807, 2.05) is 12.1 Å². The number of ether oxygens (including phenoxy) is 1. The predicted molar refractivity (Wildman–Crippen MR) is 93.3 cm³/mol. The summed E-state index contributed by atoms with van der Waals surface area (Å²) in [4.78, 5) is 21.9. The van der Waals surface area contributed by atoms with Gasteiger partial charge in [-0.15, -0.1) is 0 Å². The molecule has 0 unspecified atom stereocenters. The average Bonchev–Trinajstić information content (AvgIpc) is 3.34. The Balaban J connectivity index is 1.49. The van der Waals surface area contributed by atoms with Gasteiger partial charge in [0, 0.05) is 38.2 Å². The monoisotopic (exact) mass is 372 g/mol. The van der Waals surface area contributed by atoms with Gasteiger partial charge in [-0.25, -0.2) is 4.79 Å². The average molecular weight is 372 g/mol. The minimum atomic E-state index is -0.294. The van der Waals surface area contributed by atoms with Crippen molar-refractivity contribution in [2.45, 2.75) is 19.5 Å². The maximum atomic E-state index is 12.2. The minimum absolute atomic E-state index is 0.164. The van der Waals surface area contributed by atoms with Gasteiger partial charge in [0.2, 0.25) is 5.89 Å². The molecule has 0 aliphatic heterocycles. The van der Waals surface area contributed by atoms with Crippen LogP contribution in [0, 0.1) is 0 Å². The van der Waals surface area contributed by atoms with Gasteiger partial charge < -0.3 is 24.0 Å². The van der Waals surface area contributed by atoms with Crippen molar-refractivity contribution >= 4 is 6.03 Å². The van der Waals surface area contributed by atoms with Gasteiger partial charge in [-0.3, -0.25) is 4.98 Å². The number of hydrogen-bond donors (Lipinski definition) is 1. The van der Waals surface area contributed by atoms with Gasteiger partial charge in [0.25, 0.3) is 0 Å². The molecule has 0 saturated carbocycles. The summed E-state index contributed by atoms with van der Waals surface area (Å²) in [6.07, 6.45) is 3.92. The first-order valence-electron chi connectivity index (χ1n) is 8.31. The Hall–Kier alpha value is -3.27. The minimum Gasteiger partial charge on any atom is -0.384 e. The van der Waals surface area contributed by atoms with Crippen LogP contribution in [0.1, 0.15) is 17.5 Å². The van der Waals surface area contributed by atoms with Crippen molar-refractivity contribution in [2.24, 2.45) is 0 Å². The van der Waals surface area contributed by atoms with E-state index in [9.17, 15) is 4.79 Å². The van der Waals surface area contributed by atoms with Gasteiger partial charge >= 0.3 is 6.03 Å². The molecule has 3 aromatic heterocycles. The Morgan fingerprint density at radius 2 is 2.22 bits per heavy atom. The normalized spacial score (nSPS) is 10.7. The Morgan fingerprint density at radius 1 is 1.33 bits per heavy atom. The first-order valence-corrected chi connectivity index (χ1v) is 8.31. The maximum absolute atomic E-state index is 12.2. The third-order valence-corrected chi connectivity index (χ3v) is 3.68.